The molecule has 2 aliphatic rings. The number of carbonyl (C=O) groups excluding carboxylic acids is 2. The minimum atomic E-state index is -0.296. The summed E-state index contributed by atoms with van der Waals surface area (Å²) in [5.74, 6) is 0.935. The predicted octanol–water partition coefficient (Wildman–Crippen LogP) is 4.30. The van der Waals surface area contributed by atoms with Crippen molar-refractivity contribution in [2.75, 3.05) is 63.0 Å². The molecule has 3 aromatic rings. The number of ether oxygens (including phenoxy) is 2. The van der Waals surface area contributed by atoms with Gasteiger partial charge in [-0.15, -0.1) is 11.3 Å². The first-order chi connectivity index (χ1) is 19.0. The normalized spacial score (nSPS) is 16.4. The van der Waals surface area contributed by atoms with Crippen LogP contribution >= 0.6 is 11.3 Å². The predicted molar refractivity (Wildman–Crippen MR) is 159 cm³/mol. The zero-order valence-corrected chi connectivity index (χ0v) is 23.8. The van der Waals surface area contributed by atoms with Crippen molar-refractivity contribution >= 4 is 45.0 Å². The van der Waals surface area contributed by atoms with Crippen LogP contribution in [-0.4, -0.2) is 76.3 Å². The van der Waals surface area contributed by atoms with Crippen molar-refractivity contribution in [3.05, 3.63) is 53.4 Å². The van der Waals surface area contributed by atoms with E-state index in [1.54, 1.807) is 18.9 Å². The Labute approximate surface area is 235 Å². The highest BCUT2D eigenvalue weighted by atomic mass is 32.1. The molecule has 3 heterocycles. The molecule has 0 radical (unpaired) electrons. The highest BCUT2D eigenvalue weighted by Gasteiger charge is 2.24. The first kappa shape index (κ1) is 29.0. The Hall–Kier alpha value is -2.98. The molecule has 1 fully saturated rings. The third kappa shape index (κ3) is 7.79. The van der Waals surface area contributed by atoms with Gasteiger partial charge in [0.15, 0.2) is 0 Å². The molecule has 5 rings (SSSR count). The Bertz CT molecular complexity index is 1220. The lowest BCUT2D eigenvalue weighted by Crippen LogP contribution is -2.46. The van der Waals surface area contributed by atoms with Crippen molar-refractivity contribution in [3.63, 3.8) is 0 Å². The molecule has 0 spiro atoms. The van der Waals surface area contributed by atoms with Crippen molar-refractivity contribution in [1.29, 1.82) is 0 Å². The van der Waals surface area contributed by atoms with Gasteiger partial charge in [0.2, 0.25) is 5.91 Å². The van der Waals surface area contributed by atoms with Gasteiger partial charge < -0.3 is 24.9 Å². The molecule has 1 unspecified atom stereocenters. The number of nitrogens with two attached hydrogens (primary N) is 1. The molecule has 0 bridgehead atoms. The zero-order chi connectivity index (χ0) is 27.6. The van der Waals surface area contributed by atoms with Gasteiger partial charge >= 0.3 is 0 Å². The summed E-state index contributed by atoms with van der Waals surface area (Å²) in [5.41, 5.74) is 8.40. The quantitative estimate of drug-likeness (QED) is 0.296. The second-order valence-corrected chi connectivity index (χ2v) is 11.0. The monoisotopic (exact) mass is 552 g/mol. The summed E-state index contributed by atoms with van der Waals surface area (Å²) >= 11 is 1.82. The summed E-state index contributed by atoms with van der Waals surface area (Å²) in [5, 5.41) is 3.57. The third-order valence-electron chi connectivity index (χ3n) is 7.05. The highest BCUT2D eigenvalue weighted by Crippen LogP contribution is 2.32. The van der Waals surface area contributed by atoms with Crippen LogP contribution in [0.25, 0.3) is 10.1 Å². The van der Waals surface area contributed by atoms with Crippen molar-refractivity contribution < 1.29 is 19.1 Å². The number of piperazine rings is 1. The molecule has 0 saturated carbocycles. The summed E-state index contributed by atoms with van der Waals surface area (Å²) < 4.78 is 12.6. The smallest absolute Gasteiger partial charge is 0.229 e. The van der Waals surface area contributed by atoms with Gasteiger partial charge in [0, 0.05) is 61.5 Å². The number of unbranched alkanes of at least 4 members (excludes halogenated alkanes) is 1. The van der Waals surface area contributed by atoms with Gasteiger partial charge in [0.25, 0.3) is 0 Å². The fraction of sp³-hybridized carbons (Fsp3) is 0.467. The molecule has 2 N–H and O–H groups in total. The number of amides is 1. The molecule has 1 saturated heterocycles. The van der Waals surface area contributed by atoms with E-state index in [-0.39, 0.29) is 18.7 Å². The number of methoxy groups -OCH3 is 1. The summed E-state index contributed by atoms with van der Waals surface area (Å²) in [6.07, 6.45) is 4.16. The van der Waals surface area contributed by atoms with Crippen LogP contribution in [0, 0.1) is 0 Å². The lowest BCUT2D eigenvalue weighted by atomic mass is 10.0. The summed E-state index contributed by atoms with van der Waals surface area (Å²) in [4.78, 5) is 28.4. The number of carbonyl (C=O) groups is 2. The van der Waals surface area contributed by atoms with Gasteiger partial charge in [0.05, 0.1) is 18.3 Å². The number of benzene rings is 2. The average molecular weight is 553 g/mol. The summed E-state index contributed by atoms with van der Waals surface area (Å²) in [6.45, 7) is 8.09. The van der Waals surface area contributed by atoms with Gasteiger partial charge in [-0.25, -0.2) is 0 Å². The van der Waals surface area contributed by atoms with Crippen LogP contribution in [0.4, 0.5) is 11.4 Å². The number of aryl methyl sites for hydroxylation is 1. The number of thiophene rings is 1. The molecule has 0 aliphatic carbocycles. The van der Waals surface area contributed by atoms with Crippen LogP contribution in [-0.2, 0) is 20.7 Å². The van der Waals surface area contributed by atoms with E-state index < -0.39 is 0 Å². The molecular weight excluding hydrogens is 512 g/mol. The first-order valence-corrected chi connectivity index (χ1v) is 14.6. The van der Waals surface area contributed by atoms with Gasteiger partial charge in [-0.05, 0) is 67.9 Å². The minimum absolute atomic E-state index is 0.110. The largest absolute Gasteiger partial charge is 0.494 e. The van der Waals surface area contributed by atoms with Crippen LogP contribution in [0.1, 0.15) is 31.7 Å². The lowest BCUT2D eigenvalue weighted by molar-refractivity contribution is -0.119. The van der Waals surface area contributed by atoms with E-state index in [9.17, 15) is 9.59 Å². The average Bonchev–Trinajstić information content (AvgIpc) is 3.44. The van der Waals surface area contributed by atoms with E-state index in [2.05, 4.69) is 45.5 Å². The molecule has 210 valence electrons. The van der Waals surface area contributed by atoms with Crippen molar-refractivity contribution in [3.8, 4) is 5.75 Å². The fourth-order valence-electron chi connectivity index (χ4n) is 4.97. The molecule has 1 aromatic heterocycles. The number of rotatable bonds is 10. The molecular formula is C30H40N4O4S. The Morgan fingerprint density at radius 3 is 2.59 bits per heavy atom. The number of anilines is 2. The van der Waals surface area contributed by atoms with Crippen LogP contribution in [0.3, 0.4) is 0 Å². The van der Waals surface area contributed by atoms with E-state index in [4.69, 9.17) is 15.2 Å². The number of nitrogens with zero attached hydrogens (tertiary/aromatic N) is 3. The maximum atomic E-state index is 12.3. The standard InChI is InChI=1S/C27H33N3O3S.C3H7NO/c1-32-20-30-25-19-22(9-7-21(25)8-10-27(30)31)33-17-3-2-12-28-13-15-29(16-14-28)24-5-4-6-26-23(24)11-18-34-26;1-3(4)2-5/h4-7,9,11,18-19H,2-3,8,10,12-17,20H2,1H3;2-3H,4H2,1H3. The number of hydrogen-bond donors (Lipinski definition) is 1. The van der Waals surface area contributed by atoms with E-state index in [0.29, 0.717) is 19.3 Å². The summed E-state index contributed by atoms with van der Waals surface area (Å²) in [6, 6.07) is 14.7. The van der Waals surface area contributed by atoms with Crippen molar-refractivity contribution in [2.45, 2.75) is 38.6 Å². The lowest BCUT2D eigenvalue weighted by Gasteiger charge is -2.36. The molecule has 2 aromatic carbocycles. The second-order valence-electron chi connectivity index (χ2n) is 10.0. The topological polar surface area (TPSA) is 88.3 Å². The SMILES string of the molecule is CC(N)C=O.COCN1C(=O)CCc2ccc(OCCCCN3CCN(c4cccc5sccc45)CC3)cc21. The van der Waals surface area contributed by atoms with Gasteiger partial charge in [-0.2, -0.15) is 0 Å². The van der Waals surface area contributed by atoms with Crippen LogP contribution in [0.2, 0.25) is 0 Å². The molecule has 9 heteroatoms. The summed E-state index contributed by atoms with van der Waals surface area (Å²) in [7, 11) is 1.62. The van der Waals surface area contributed by atoms with E-state index >= 15 is 0 Å². The highest BCUT2D eigenvalue weighted by molar-refractivity contribution is 7.17. The van der Waals surface area contributed by atoms with Gasteiger partial charge in [0.1, 0.15) is 18.8 Å². The van der Waals surface area contributed by atoms with Crippen LogP contribution in [0.5, 0.6) is 5.75 Å². The first-order valence-electron chi connectivity index (χ1n) is 13.7. The van der Waals surface area contributed by atoms with Crippen LogP contribution in [0.15, 0.2) is 47.8 Å². The molecule has 1 amide bonds. The maximum absolute atomic E-state index is 12.3. The molecule has 2 aliphatic heterocycles. The number of hydrogen-bond acceptors (Lipinski definition) is 8. The van der Waals surface area contributed by atoms with E-state index in [1.807, 2.05) is 23.5 Å². The van der Waals surface area contributed by atoms with Crippen molar-refractivity contribution in [1.82, 2.24) is 4.90 Å². The Balaban J connectivity index is 0.000000648. The fourth-order valence-corrected chi connectivity index (χ4v) is 5.78. The Kier molecular flexibility index (Phi) is 10.7. The third-order valence-corrected chi connectivity index (χ3v) is 7.93. The minimum Gasteiger partial charge on any atom is -0.494 e. The molecule has 39 heavy (non-hydrogen) atoms. The molecule has 8 nitrogen and oxygen atoms in total. The van der Waals surface area contributed by atoms with E-state index in [1.165, 1.54) is 21.3 Å². The Morgan fingerprint density at radius 1 is 1.05 bits per heavy atom. The van der Waals surface area contributed by atoms with Crippen molar-refractivity contribution in [2.24, 2.45) is 5.73 Å². The maximum Gasteiger partial charge on any atom is 0.229 e. The van der Waals surface area contributed by atoms with E-state index in [0.717, 1.165) is 63.4 Å². The van der Waals surface area contributed by atoms with Gasteiger partial charge in [-0.1, -0.05) is 12.1 Å². The Morgan fingerprint density at radius 2 is 1.85 bits per heavy atom. The second kappa shape index (κ2) is 14.4. The van der Waals surface area contributed by atoms with Crippen LogP contribution < -0.4 is 20.3 Å². The van der Waals surface area contributed by atoms with Gasteiger partial charge in [-0.3, -0.25) is 14.6 Å². The zero-order valence-electron chi connectivity index (χ0n) is 23.0. The molecule has 1 atom stereocenters. The number of aldehydes is 1. The number of fused-ring (bicyclic) bond motifs is 2.